The molecule has 0 unspecified atom stereocenters. The second-order valence-electron chi connectivity index (χ2n) is 5.24. The predicted octanol–water partition coefficient (Wildman–Crippen LogP) is 1.81. The Morgan fingerprint density at radius 2 is 2.15 bits per heavy atom. The zero-order chi connectivity index (χ0) is 14.1. The quantitative estimate of drug-likeness (QED) is 0.862. The predicted molar refractivity (Wildman–Crippen MR) is 77.0 cm³/mol. The van der Waals surface area contributed by atoms with Gasteiger partial charge in [-0.15, -0.1) is 0 Å². The summed E-state index contributed by atoms with van der Waals surface area (Å²) in [7, 11) is 1.81. The number of nitrogens with zero attached hydrogens (tertiary/aromatic N) is 3. The van der Waals surface area contributed by atoms with Crippen LogP contribution in [0.5, 0.6) is 0 Å². The Bertz CT molecular complexity index is 630. The van der Waals surface area contributed by atoms with E-state index in [0.29, 0.717) is 18.3 Å². The summed E-state index contributed by atoms with van der Waals surface area (Å²) in [5.74, 6) is -0.0173. The van der Waals surface area contributed by atoms with Gasteiger partial charge in [0.05, 0.1) is 0 Å². The summed E-state index contributed by atoms with van der Waals surface area (Å²) in [6, 6.07) is 9.76. The number of aromatic nitrogens is 2. The van der Waals surface area contributed by atoms with E-state index in [1.165, 1.54) is 0 Å². The van der Waals surface area contributed by atoms with E-state index in [1.54, 1.807) is 16.9 Å². The summed E-state index contributed by atoms with van der Waals surface area (Å²) in [5, 5.41) is 4.20. The number of rotatable bonds is 4. The normalized spacial score (nSPS) is 14.2. The highest BCUT2D eigenvalue weighted by molar-refractivity contribution is 5.92. The summed E-state index contributed by atoms with van der Waals surface area (Å²) >= 11 is 0. The number of hydrogen-bond acceptors (Lipinski definition) is 3. The number of carbonyl (C=O) groups excluding carboxylic acids is 1. The van der Waals surface area contributed by atoms with Gasteiger partial charge < -0.3 is 10.6 Å². The van der Waals surface area contributed by atoms with E-state index in [0.717, 1.165) is 24.1 Å². The van der Waals surface area contributed by atoms with E-state index in [-0.39, 0.29) is 5.91 Å². The molecule has 0 bridgehead atoms. The van der Waals surface area contributed by atoms with Gasteiger partial charge in [-0.2, -0.15) is 5.10 Å². The lowest BCUT2D eigenvalue weighted by Crippen LogP contribution is -2.33. The fraction of sp³-hybridized carbons (Fsp3) is 0.333. The van der Waals surface area contributed by atoms with Crippen molar-refractivity contribution in [1.82, 2.24) is 14.7 Å². The second-order valence-corrected chi connectivity index (χ2v) is 5.24. The van der Waals surface area contributed by atoms with Gasteiger partial charge in [-0.25, -0.2) is 0 Å². The van der Waals surface area contributed by atoms with Gasteiger partial charge in [-0.3, -0.25) is 9.48 Å². The number of benzene rings is 1. The van der Waals surface area contributed by atoms with Crippen LogP contribution < -0.4 is 5.73 Å². The monoisotopic (exact) mass is 270 g/mol. The maximum atomic E-state index is 12.6. The number of amides is 1. The fourth-order valence-corrected chi connectivity index (χ4v) is 2.29. The van der Waals surface area contributed by atoms with Crippen molar-refractivity contribution in [3.63, 3.8) is 0 Å². The Labute approximate surface area is 118 Å². The molecule has 0 saturated heterocycles. The van der Waals surface area contributed by atoms with Crippen LogP contribution in [0, 0.1) is 0 Å². The minimum Gasteiger partial charge on any atom is -0.398 e. The molecule has 104 valence electrons. The van der Waals surface area contributed by atoms with Crippen molar-refractivity contribution >= 4 is 11.6 Å². The number of nitrogens with two attached hydrogens (primary N) is 1. The van der Waals surface area contributed by atoms with Gasteiger partial charge in [-0.1, -0.05) is 18.2 Å². The average molecular weight is 270 g/mol. The van der Waals surface area contributed by atoms with Gasteiger partial charge in [-0.05, 0) is 30.5 Å². The highest BCUT2D eigenvalue weighted by atomic mass is 16.2. The first-order chi connectivity index (χ1) is 9.65. The number of para-hydroxylation sites is 1. The standard InChI is InChI=1S/C15H18N4O/c1-18-9-8-14(17-18)15(20)19(12-6-7-12)10-11-4-2-3-5-13(11)16/h2-5,8-9,12H,6-7,10,16H2,1H3. The van der Waals surface area contributed by atoms with Gasteiger partial charge in [0.25, 0.3) is 5.91 Å². The van der Waals surface area contributed by atoms with E-state index < -0.39 is 0 Å². The summed E-state index contributed by atoms with van der Waals surface area (Å²) < 4.78 is 1.65. The van der Waals surface area contributed by atoms with Gasteiger partial charge >= 0.3 is 0 Å². The number of nitrogen functional groups attached to an aromatic ring is 1. The molecular weight excluding hydrogens is 252 g/mol. The molecule has 1 aliphatic rings. The molecule has 1 aromatic heterocycles. The minimum atomic E-state index is -0.0173. The first kappa shape index (κ1) is 12.7. The maximum Gasteiger partial charge on any atom is 0.274 e. The van der Waals surface area contributed by atoms with Crippen LogP contribution in [-0.2, 0) is 13.6 Å². The van der Waals surface area contributed by atoms with Crippen molar-refractivity contribution in [2.24, 2.45) is 7.05 Å². The van der Waals surface area contributed by atoms with E-state index in [2.05, 4.69) is 5.10 Å². The van der Waals surface area contributed by atoms with Crippen LogP contribution in [0.4, 0.5) is 5.69 Å². The molecule has 1 heterocycles. The Balaban J connectivity index is 1.83. The third kappa shape index (κ3) is 2.52. The molecule has 1 saturated carbocycles. The molecule has 0 radical (unpaired) electrons. The molecule has 0 atom stereocenters. The molecule has 3 rings (SSSR count). The highest BCUT2D eigenvalue weighted by Crippen LogP contribution is 2.30. The van der Waals surface area contributed by atoms with E-state index in [1.807, 2.05) is 36.2 Å². The van der Waals surface area contributed by atoms with E-state index in [4.69, 9.17) is 5.73 Å². The smallest absolute Gasteiger partial charge is 0.274 e. The van der Waals surface area contributed by atoms with Crippen LogP contribution in [0.2, 0.25) is 0 Å². The fourth-order valence-electron chi connectivity index (χ4n) is 2.29. The van der Waals surface area contributed by atoms with Crippen molar-refractivity contribution in [1.29, 1.82) is 0 Å². The third-order valence-electron chi connectivity index (χ3n) is 3.58. The number of aryl methyl sites for hydroxylation is 1. The summed E-state index contributed by atoms with van der Waals surface area (Å²) in [6.45, 7) is 0.548. The molecule has 1 fully saturated rings. The van der Waals surface area contributed by atoms with Crippen LogP contribution in [0.3, 0.4) is 0 Å². The minimum absolute atomic E-state index is 0.0173. The first-order valence-electron chi connectivity index (χ1n) is 6.79. The first-order valence-corrected chi connectivity index (χ1v) is 6.79. The van der Waals surface area contributed by atoms with Crippen molar-refractivity contribution < 1.29 is 4.79 Å². The summed E-state index contributed by atoms with van der Waals surface area (Å²) in [5.41, 5.74) is 8.19. The van der Waals surface area contributed by atoms with E-state index in [9.17, 15) is 4.79 Å². The number of anilines is 1. The molecule has 1 amide bonds. The van der Waals surface area contributed by atoms with Gasteiger partial charge in [0.1, 0.15) is 5.69 Å². The van der Waals surface area contributed by atoms with E-state index >= 15 is 0 Å². The van der Waals surface area contributed by atoms with Crippen molar-refractivity contribution in [2.75, 3.05) is 5.73 Å². The van der Waals surface area contributed by atoms with Crippen molar-refractivity contribution in [2.45, 2.75) is 25.4 Å². The topological polar surface area (TPSA) is 64.2 Å². The lowest BCUT2D eigenvalue weighted by molar-refractivity contribution is 0.0723. The average Bonchev–Trinajstić information content (AvgIpc) is 3.18. The molecular formula is C15H18N4O. The summed E-state index contributed by atoms with van der Waals surface area (Å²) in [6.07, 6.45) is 3.91. The zero-order valence-corrected chi connectivity index (χ0v) is 11.5. The largest absolute Gasteiger partial charge is 0.398 e. The van der Waals surface area contributed by atoms with Crippen LogP contribution in [0.25, 0.3) is 0 Å². The van der Waals surface area contributed by atoms with Crippen molar-refractivity contribution in [3.8, 4) is 0 Å². The highest BCUT2D eigenvalue weighted by Gasteiger charge is 2.34. The molecule has 1 aromatic carbocycles. The molecule has 2 N–H and O–H groups in total. The van der Waals surface area contributed by atoms with Gasteiger partial charge in [0, 0.05) is 31.5 Å². The molecule has 5 nitrogen and oxygen atoms in total. The molecule has 1 aliphatic carbocycles. The summed E-state index contributed by atoms with van der Waals surface area (Å²) in [4.78, 5) is 14.4. The molecule has 2 aromatic rings. The lowest BCUT2D eigenvalue weighted by atomic mass is 10.1. The SMILES string of the molecule is Cn1ccc(C(=O)N(Cc2ccccc2N)C2CC2)n1. The molecule has 0 aliphatic heterocycles. The number of carbonyl (C=O) groups is 1. The molecule has 5 heteroatoms. The van der Waals surface area contributed by atoms with Crippen LogP contribution in [0.1, 0.15) is 28.9 Å². The van der Waals surface area contributed by atoms with Crippen LogP contribution in [0.15, 0.2) is 36.5 Å². The van der Waals surface area contributed by atoms with Crippen molar-refractivity contribution in [3.05, 3.63) is 47.8 Å². The Kier molecular flexibility index (Phi) is 3.18. The third-order valence-corrected chi connectivity index (χ3v) is 3.58. The van der Waals surface area contributed by atoms with Crippen LogP contribution in [-0.4, -0.2) is 26.6 Å². The lowest BCUT2D eigenvalue weighted by Gasteiger charge is -2.22. The van der Waals surface area contributed by atoms with Crippen LogP contribution >= 0.6 is 0 Å². The number of hydrogen-bond donors (Lipinski definition) is 1. The Hall–Kier alpha value is -2.30. The second kappa shape index (κ2) is 5.00. The molecule has 20 heavy (non-hydrogen) atoms. The maximum absolute atomic E-state index is 12.6. The van der Waals surface area contributed by atoms with Gasteiger partial charge in [0.15, 0.2) is 0 Å². The Morgan fingerprint density at radius 1 is 1.40 bits per heavy atom. The van der Waals surface area contributed by atoms with Gasteiger partial charge in [0.2, 0.25) is 0 Å². The molecule has 0 spiro atoms. The Morgan fingerprint density at radius 3 is 2.75 bits per heavy atom. The zero-order valence-electron chi connectivity index (χ0n) is 11.5.